The van der Waals surface area contributed by atoms with Gasteiger partial charge in [0.15, 0.2) is 0 Å². The number of hydrogen-bond acceptors (Lipinski definition) is 6. The predicted molar refractivity (Wildman–Crippen MR) is 94.7 cm³/mol. The van der Waals surface area contributed by atoms with E-state index >= 15 is 0 Å². The topological polar surface area (TPSA) is 97.6 Å². The zero-order valence-electron chi connectivity index (χ0n) is 15.2. The van der Waals surface area contributed by atoms with Crippen LogP contribution in [0.1, 0.15) is 40.5 Å². The Morgan fingerprint density at radius 3 is 2.80 bits per heavy atom. The van der Waals surface area contributed by atoms with Crippen LogP contribution in [0.15, 0.2) is 18.5 Å². The van der Waals surface area contributed by atoms with Crippen LogP contribution in [0.4, 0.5) is 16.2 Å². The Morgan fingerprint density at radius 2 is 2.20 bits per heavy atom. The molecule has 2 rings (SSSR count). The molecule has 1 aromatic heterocycles. The lowest BCUT2D eigenvalue weighted by molar-refractivity contribution is -0.384. The van der Waals surface area contributed by atoms with Gasteiger partial charge in [-0.25, -0.2) is 4.79 Å². The molecular formula is C17H26N4O4. The first-order valence-corrected chi connectivity index (χ1v) is 8.52. The average Bonchev–Trinajstić information content (AvgIpc) is 2.52. The molecule has 0 aliphatic carbocycles. The molecular weight excluding hydrogens is 324 g/mol. The fraction of sp³-hybridized carbons (Fsp3) is 0.647. The van der Waals surface area contributed by atoms with E-state index in [1.807, 2.05) is 25.7 Å². The number of aromatic nitrogens is 1. The third kappa shape index (κ3) is 5.30. The minimum Gasteiger partial charge on any atom is -0.444 e. The standard InChI is InChI=1S/C17H26N4O4/c1-5-12-8-13(19-16(22)25-17(2,3)4)11-20(10-12)14-6-7-18-9-15(14)21(23)24/h6-7,9,12-13H,5,8,10-11H2,1-4H3,(H,19,22). The van der Waals surface area contributed by atoms with Crippen molar-refractivity contribution in [2.24, 2.45) is 5.92 Å². The molecule has 2 unspecified atom stereocenters. The minimum atomic E-state index is -0.563. The first-order valence-electron chi connectivity index (χ1n) is 8.52. The van der Waals surface area contributed by atoms with Gasteiger partial charge < -0.3 is 15.0 Å². The Morgan fingerprint density at radius 1 is 1.48 bits per heavy atom. The number of pyridine rings is 1. The first kappa shape index (κ1) is 19.0. The molecule has 8 nitrogen and oxygen atoms in total. The van der Waals surface area contributed by atoms with Crippen molar-refractivity contribution in [3.63, 3.8) is 0 Å². The third-order valence-electron chi connectivity index (χ3n) is 4.15. The maximum absolute atomic E-state index is 12.1. The van der Waals surface area contributed by atoms with Gasteiger partial charge in [-0.3, -0.25) is 15.1 Å². The number of carbonyl (C=O) groups excluding carboxylic acids is 1. The van der Waals surface area contributed by atoms with Gasteiger partial charge in [-0.2, -0.15) is 0 Å². The molecule has 0 radical (unpaired) electrons. The van der Waals surface area contributed by atoms with Gasteiger partial charge in [-0.15, -0.1) is 0 Å². The smallest absolute Gasteiger partial charge is 0.407 e. The first-order chi connectivity index (χ1) is 11.7. The highest BCUT2D eigenvalue weighted by Crippen LogP contribution is 2.31. The van der Waals surface area contributed by atoms with Gasteiger partial charge in [0.2, 0.25) is 0 Å². The van der Waals surface area contributed by atoms with Crippen LogP contribution >= 0.6 is 0 Å². The van der Waals surface area contributed by atoms with E-state index in [4.69, 9.17) is 4.74 Å². The zero-order valence-corrected chi connectivity index (χ0v) is 15.2. The molecule has 1 N–H and O–H groups in total. The quantitative estimate of drug-likeness (QED) is 0.662. The normalized spacial score (nSPS) is 20.9. The second-order valence-electron chi connectivity index (χ2n) is 7.38. The number of nitrogens with one attached hydrogen (secondary N) is 1. The second kappa shape index (κ2) is 7.67. The summed E-state index contributed by atoms with van der Waals surface area (Å²) in [5.74, 6) is 0.335. The Bertz CT molecular complexity index is 629. The molecule has 0 spiro atoms. The van der Waals surface area contributed by atoms with Gasteiger partial charge in [0, 0.05) is 19.3 Å². The molecule has 1 aromatic rings. The van der Waals surface area contributed by atoms with Crippen molar-refractivity contribution in [3.8, 4) is 0 Å². The van der Waals surface area contributed by atoms with Crippen LogP contribution < -0.4 is 10.2 Å². The van der Waals surface area contributed by atoms with E-state index in [-0.39, 0.29) is 11.7 Å². The lowest BCUT2D eigenvalue weighted by Gasteiger charge is -2.39. The SMILES string of the molecule is CCC1CC(NC(=O)OC(C)(C)C)CN(c2ccncc2[N+](=O)[O-])C1. The Balaban J connectivity index is 2.15. The van der Waals surface area contributed by atoms with Crippen LogP contribution in [0, 0.1) is 16.0 Å². The maximum atomic E-state index is 12.1. The lowest BCUT2D eigenvalue weighted by Crippen LogP contribution is -2.51. The summed E-state index contributed by atoms with van der Waals surface area (Å²) in [6, 6.07) is 1.53. The monoisotopic (exact) mass is 350 g/mol. The molecule has 2 atom stereocenters. The predicted octanol–water partition coefficient (Wildman–Crippen LogP) is 3.12. The van der Waals surface area contributed by atoms with Crippen LogP contribution in [-0.4, -0.2) is 40.7 Å². The molecule has 1 fully saturated rings. The molecule has 1 amide bonds. The summed E-state index contributed by atoms with van der Waals surface area (Å²) in [6.07, 6.45) is 4.11. The average molecular weight is 350 g/mol. The summed E-state index contributed by atoms with van der Waals surface area (Å²) in [5, 5.41) is 14.2. The summed E-state index contributed by atoms with van der Waals surface area (Å²) in [6.45, 7) is 8.74. The van der Waals surface area contributed by atoms with Crippen LogP contribution in [0.3, 0.4) is 0 Å². The number of anilines is 1. The van der Waals surface area contributed by atoms with Crippen molar-refractivity contribution in [1.29, 1.82) is 0 Å². The molecule has 0 bridgehead atoms. The minimum absolute atomic E-state index is 0.0183. The largest absolute Gasteiger partial charge is 0.444 e. The van der Waals surface area contributed by atoms with Crippen LogP contribution in [0.2, 0.25) is 0 Å². The summed E-state index contributed by atoms with van der Waals surface area (Å²) in [5.41, 5.74) is -0.0450. The number of alkyl carbamates (subject to hydrolysis) is 1. The van der Waals surface area contributed by atoms with Crippen molar-refractivity contribution in [2.45, 2.75) is 52.2 Å². The number of amides is 1. The second-order valence-corrected chi connectivity index (χ2v) is 7.38. The molecule has 8 heteroatoms. The number of carbonyl (C=O) groups is 1. The number of rotatable bonds is 4. The fourth-order valence-electron chi connectivity index (χ4n) is 3.06. The van der Waals surface area contributed by atoms with Crippen molar-refractivity contribution in [2.75, 3.05) is 18.0 Å². The molecule has 1 aliphatic heterocycles. The summed E-state index contributed by atoms with van der Waals surface area (Å²) in [4.78, 5) is 28.7. The van der Waals surface area contributed by atoms with E-state index in [2.05, 4.69) is 17.2 Å². The highest BCUT2D eigenvalue weighted by molar-refractivity contribution is 5.68. The van der Waals surface area contributed by atoms with E-state index in [1.54, 1.807) is 12.3 Å². The van der Waals surface area contributed by atoms with Crippen LogP contribution in [0.5, 0.6) is 0 Å². The molecule has 1 aliphatic rings. The van der Waals surface area contributed by atoms with Crippen molar-refractivity contribution < 1.29 is 14.5 Å². The number of hydrogen-bond donors (Lipinski definition) is 1. The number of ether oxygens (including phenoxy) is 1. The highest BCUT2D eigenvalue weighted by Gasteiger charge is 2.31. The van der Waals surface area contributed by atoms with Gasteiger partial charge in [0.05, 0.1) is 11.0 Å². The maximum Gasteiger partial charge on any atom is 0.407 e. The molecule has 1 saturated heterocycles. The Hall–Kier alpha value is -2.38. The van der Waals surface area contributed by atoms with E-state index in [0.29, 0.717) is 24.7 Å². The number of nitro groups is 1. The van der Waals surface area contributed by atoms with Gasteiger partial charge in [0.1, 0.15) is 17.5 Å². The van der Waals surface area contributed by atoms with Crippen molar-refractivity contribution >= 4 is 17.5 Å². The fourth-order valence-corrected chi connectivity index (χ4v) is 3.06. The van der Waals surface area contributed by atoms with E-state index in [0.717, 1.165) is 12.8 Å². The Kier molecular flexibility index (Phi) is 5.81. The van der Waals surface area contributed by atoms with E-state index in [1.165, 1.54) is 6.20 Å². The molecule has 0 aromatic carbocycles. The summed E-state index contributed by atoms with van der Waals surface area (Å²) < 4.78 is 5.33. The molecule has 2 heterocycles. The Labute approximate surface area is 147 Å². The van der Waals surface area contributed by atoms with Crippen LogP contribution in [0.25, 0.3) is 0 Å². The highest BCUT2D eigenvalue weighted by atomic mass is 16.6. The molecule has 138 valence electrons. The summed E-state index contributed by atoms with van der Waals surface area (Å²) in [7, 11) is 0. The summed E-state index contributed by atoms with van der Waals surface area (Å²) >= 11 is 0. The molecule has 0 saturated carbocycles. The molecule has 25 heavy (non-hydrogen) atoms. The lowest BCUT2D eigenvalue weighted by atomic mass is 9.91. The van der Waals surface area contributed by atoms with Crippen LogP contribution in [-0.2, 0) is 4.74 Å². The number of nitrogens with zero attached hydrogens (tertiary/aromatic N) is 3. The number of piperidine rings is 1. The van der Waals surface area contributed by atoms with Crippen molar-refractivity contribution in [1.82, 2.24) is 10.3 Å². The van der Waals surface area contributed by atoms with Crippen molar-refractivity contribution in [3.05, 3.63) is 28.6 Å². The van der Waals surface area contributed by atoms with E-state index < -0.39 is 16.6 Å². The van der Waals surface area contributed by atoms with Gasteiger partial charge in [-0.05, 0) is 39.2 Å². The zero-order chi connectivity index (χ0) is 18.6. The van der Waals surface area contributed by atoms with E-state index in [9.17, 15) is 14.9 Å². The van der Waals surface area contributed by atoms with Gasteiger partial charge in [0.25, 0.3) is 0 Å². The third-order valence-corrected chi connectivity index (χ3v) is 4.15. The van der Waals surface area contributed by atoms with Gasteiger partial charge in [-0.1, -0.05) is 13.3 Å². The van der Waals surface area contributed by atoms with Gasteiger partial charge >= 0.3 is 11.8 Å².